The molecule has 0 fully saturated rings. The summed E-state index contributed by atoms with van der Waals surface area (Å²) in [7, 11) is 0. The quantitative estimate of drug-likeness (QED) is 0.830. The number of carbonyl (C=O) groups excluding carboxylic acids is 1. The van der Waals surface area contributed by atoms with Crippen LogP contribution in [0.5, 0.6) is 0 Å². The zero-order chi connectivity index (χ0) is 10.1. The third-order valence-electron chi connectivity index (χ3n) is 2.14. The first-order valence-electron chi connectivity index (χ1n) is 4.17. The molecular formula is C11H8BrNO. The number of hydrogen-bond donors (Lipinski definition) is 1. The summed E-state index contributed by atoms with van der Waals surface area (Å²) in [6.07, 6.45) is 0. The molecule has 3 heteroatoms. The number of halogens is 1. The van der Waals surface area contributed by atoms with Crippen LogP contribution in [0.15, 0.2) is 40.9 Å². The van der Waals surface area contributed by atoms with Gasteiger partial charge in [0.15, 0.2) is 0 Å². The first-order valence-corrected chi connectivity index (χ1v) is 4.96. The second-order valence-electron chi connectivity index (χ2n) is 3.00. The van der Waals surface area contributed by atoms with Crippen molar-refractivity contribution in [3.8, 4) is 0 Å². The van der Waals surface area contributed by atoms with Crippen LogP contribution in [0.25, 0.3) is 10.8 Å². The molecule has 1 amide bonds. The van der Waals surface area contributed by atoms with E-state index in [1.54, 1.807) is 6.07 Å². The van der Waals surface area contributed by atoms with Crippen LogP contribution in [-0.2, 0) is 0 Å². The highest BCUT2D eigenvalue weighted by atomic mass is 79.9. The van der Waals surface area contributed by atoms with Crippen molar-refractivity contribution >= 4 is 32.6 Å². The highest BCUT2D eigenvalue weighted by Gasteiger charge is 2.07. The van der Waals surface area contributed by atoms with Crippen LogP contribution < -0.4 is 5.73 Å². The SMILES string of the molecule is NC(=O)c1ccc(Br)c2ccccc12. The number of nitrogens with two attached hydrogens (primary N) is 1. The minimum atomic E-state index is -0.395. The van der Waals surface area contributed by atoms with E-state index in [1.807, 2.05) is 30.3 Å². The van der Waals surface area contributed by atoms with Gasteiger partial charge in [0, 0.05) is 10.0 Å². The van der Waals surface area contributed by atoms with Crippen molar-refractivity contribution in [3.05, 3.63) is 46.4 Å². The zero-order valence-corrected chi connectivity index (χ0v) is 8.91. The fraction of sp³-hybridized carbons (Fsp3) is 0. The van der Waals surface area contributed by atoms with E-state index >= 15 is 0 Å². The van der Waals surface area contributed by atoms with Crippen LogP contribution in [0.1, 0.15) is 10.4 Å². The molecule has 0 aromatic heterocycles. The third-order valence-corrected chi connectivity index (χ3v) is 2.83. The highest BCUT2D eigenvalue weighted by molar-refractivity contribution is 9.10. The third kappa shape index (κ3) is 1.40. The van der Waals surface area contributed by atoms with Crippen LogP contribution in [-0.4, -0.2) is 5.91 Å². The molecule has 0 aliphatic rings. The van der Waals surface area contributed by atoms with Gasteiger partial charge in [-0.2, -0.15) is 0 Å². The molecule has 2 aromatic carbocycles. The van der Waals surface area contributed by atoms with Crippen LogP contribution in [0, 0.1) is 0 Å². The van der Waals surface area contributed by atoms with Crippen molar-refractivity contribution in [3.63, 3.8) is 0 Å². The average molecular weight is 250 g/mol. The second-order valence-corrected chi connectivity index (χ2v) is 3.86. The van der Waals surface area contributed by atoms with Crippen molar-refractivity contribution in [2.45, 2.75) is 0 Å². The lowest BCUT2D eigenvalue weighted by Crippen LogP contribution is -2.11. The van der Waals surface area contributed by atoms with Gasteiger partial charge < -0.3 is 5.73 Å². The summed E-state index contributed by atoms with van der Waals surface area (Å²) in [6, 6.07) is 11.2. The number of benzene rings is 2. The van der Waals surface area contributed by atoms with Crippen LogP contribution >= 0.6 is 15.9 Å². The zero-order valence-electron chi connectivity index (χ0n) is 7.33. The molecule has 2 nitrogen and oxygen atoms in total. The lowest BCUT2D eigenvalue weighted by atomic mass is 10.0. The molecule has 0 saturated heterocycles. The Balaban J connectivity index is 2.88. The van der Waals surface area contributed by atoms with Crippen molar-refractivity contribution in [1.82, 2.24) is 0 Å². The van der Waals surface area contributed by atoms with E-state index in [1.165, 1.54) is 0 Å². The minimum Gasteiger partial charge on any atom is -0.366 e. The van der Waals surface area contributed by atoms with Gasteiger partial charge in [-0.25, -0.2) is 0 Å². The fourth-order valence-corrected chi connectivity index (χ4v) is 1.96. The summed E-state index contributed by atoms with van der Waals surface area (Å²) in [5, 5.41) is 1.89. The van der Waals surface area contributed by atoms with Crippen molar-refractivity contribution in [1.29, 1.82) is 0 Å². The summed E-state index contributed by atoms with van der Waals surface area (Å²) in [6.45, 7) is 0. The minimum absolute atomic E-state index is 0.395. The van der Waals surface area contributed by atoms with E-state index < -0.39 is 5.91 Å². The molecule has 0 radical (unpaired) electrons. The Labute approximate surface area is 89.8 Å². The Morgan fingerprint density at radius 2 is 1.71 bits per heavy atom. The molecule has 2 N–H and O–H groups in total. The molecule has 70 valence electrons. The molecule has 0 saturated carbocycles. The van der Waals surface area contributed by atoms with Crippen molar-refractivity contribution in [2.24, 2.45) is 5.73 Å². The van der Waals surface area contributed by atoms with Crippen LogP contribution in [0.3, 0.4) is 0 Å². The molecule has 0 heterocycles. The summed E-state index contributed by atoms with van der Waals surface area (Å²) < 4.78 is 0.970. The van der Waals surface area contributed by atoms with E-state index in [-0.39, 0.29) is 0 Å². The largest absolute Gasteiger partial charge is 0.366 e. The van der Waals surface area contributed by atoms with Gasteiger partial charge in [0.05, 0.1) is 0 Å². The molecule has 2 rings (SSSR count). The van der Waals surface area contributed by atoms with Gasteiger partial charge in [-0.3, -0.25) is 4.79 Å². The van der Waals surface area contributed by atoms with E-state index in [0.717, 1.165) is 15.2 Å². The average Bonchev–Trinajstić information content (AvgIpc) is 2.18. The summed E-state index contributed by atoms with van der Waals surface area (Å²) >= 11 is 3.43. The van der Waals surface area contributed by atoms with E-state index in [4.69, 9.17) is 5.73 Å². The predicted octanol–water partition coefficient (Wildman–Crippen LogP) is 2.70. The molecule has 0 atom stereocenters. The Bertz CT molecular complexity index is 508. The number of amides is 1. The lowest BCUT2D eigenvalue weighted by Gasteiger charge is -2.04. The van der Waals surface area contributed by atoms with Crippen LogP contribution in [0.4, 0.5) is 0 Å². The van der Waals surface area contributed by atoms with E-state index in [2.05, 4.69) is 15.9 Å². The number of carbonyl (C=O) groups is 1. The molecule has 0 aliphatic carbocycles. The second kappa shape index (κ2) is 3.42. The molecule has 14 heavy (non-hydrogen) atoms. The van der Waals surface area contributed by atoms with Gasteiger partial charge in [0.25, 0.3) is 0 Å². The maximum atomic E-state index is 11.1. The smallest absolute Gasteiger partial charge is 0.249 e. The summed E-state index contributed by atoms with van der Waals surface area (Å²) in [5.74, 6) is -0.395. The van der Waals surface area contributed by atoms with Crippen molar-refractivity contribution < 1.29 is 4.79 Å². The normalized spacial score (nSPS) is 10.4. The van der Waals surface area contributed by atoms with Gasteiger partial charge in [-0.15, -0.1) is 0 Å². The summed E-state index contributed by atoms with van der Waals surface area (Å²) in [4.78, 5) is 11.1. The number of rotatable bonds is 1. The predicted molar refractivity (Wildman–Crippen MR) is 60.2 cm³/mol. The van der Waals surface area contributed by atoms with Crippen LogP contribution in [0.2, 0.25) is 0 Å². The molecule has 0 bridgehead atoms. The standard InChI is InChI=1S/C11H8BrNO/c12-10-6-5-9(11(13)14)7-3-1-2-4-8(7)10/h1-6H,(H2,13,14). The highest BCUT2D eigenvalue weighted by Crippen LogP contribution is 2.26. The molecule has 0 spiro atoms. The Kier molecular flexibility index (Phi) is 2.25. The Hall–Kier alpha value is -1.35. The maximum Gasteiger partial charge on any atom is 0.249 e. The van der Waals surface area contributed by atoms with E-state index in [0.29, 0.717) is 5.56 Å². The molecular weight excluding hydrogens is 242 g/mol. The maximum absolute atomic E-state index is 11.1. The molecule has 2 aromatic rings. The first-order chi connectivity index (χ1) is 6.70. The monoisotopic (exact) mass is 249 g/mol. The van der Waals surface area contributed by atoms with Gasteiger partial charge in [0.1, 0.15) is 0 Å². The molecule has 0 unspecified atom stereocenters. The van der Waals surface area contributed by atoms with Gasteiger partial charge in [0.2, 0.25) is 5.91 Å². The topological polar surface area (TPSA) is 43.1 Å². The number of primary amides is 1. The van der Waals surface area contributed by atoms with Gasteiger partial charge >= 0.3 is 0 Å². The Morgan fingerprint density at radius 1 is 1.07 bits per heavy atom. The number of hydrogen-bond acceptors (Lipinski definition) is 1. The fourth-order valence-electron chi connectivity index (χ4n) is 1.48. The first kappa shape index (κ1) is 9.21. The molecule has 0 aliphatic heterocycles. The number of fused-ring (bicyclic) bond motifs is 1. The van der Waals surface area contributed by atoms with Gasteiger partial charge in [-0.1, -0.05) is 40.2 Å². The Morgan fingerprint density at radius 3 is 2.36 bits per heavy atom. The van der Waals surface area contributed by atoms with Crippen molar-refractivity contribution in [2.75, 3.05) is 0 Å². The lowest BCUT2D eigenvalue weighted by molar-refractivity contribution is 0.100. The summed E-state index contributed by atoms with van der Waals surface area (Å²) in [5.41, 5.74) is 5.83. The van der Waals surface area contributed by atoms with E-state index in [9.17, 15) is 4.79 Å². The van der Waals surface area contributed by atoms with Gasteiger partial charge in [-0.05, 0) is 22.9 Å².